The molecule has 0 aromatic heterocycles. The van der Waals surface area contributed by atoms with E-state index < -0.39 is 0 Å². The highest BCUT2D eigenvalue weighted by molar-refractivity contribution is 6.30. The molecule has 0 aliphatic carbocycles. The lowest BCUT2D eigenvalue weighted by atomic mass is 10.1. The van der Waals surface area contributed by atoms with Gasteiger partial charge in [0.1, 0.15) is 5.75 Å². The molecule has 0 saturated heterocycles. The summed E-state index contributed by atoms with van der Waals surface area (Å²) >= 11 is 6.00. The Hall–Kier alpha value is -2.24. The number of hydrogen-bond donors (Lipinski definition) is 2. The van der Waals surface area contributed by atoms with E-state index in [2.05, 4.69) is 46.8 Å². The van der Waals surface area contributed by atoms with Crippen LogP contribution in [0.2, 0.25) is 5.02 Å². The Labute approximate surface area is 161 Å². The molecular weight excluding hydrogens is 348 g/mol. The molecular formula is C20H27ClN4O. The average Bonchev–Trinajstić information content (AvgIpc) is 2.66. The summed E-state index contributed by atoms with van der Waals surface area (Å²) in [7, 11) is 7.57. The van der Waals surface area contributed by atoms with Crippen molar-refractivity contribution in [1.29, 1.82) is 0 Å². The van der Waals surface area contributed by atoms with Crippen LogP contribution < -0.4 is 15.4 Å². The number of ether oxygens (including phenoxy) is 1. The highest BCUT2D eigenvalue weighted by Gasteiger charge is 2.14. The lowest BCUT2D eigenvalue weighted by Crippen LogP contribution is -2.41. The Kier molecular flexibility index (Phi) is 7.75. The summed E-state index contributed by atoms with van der Waals surface area (Å²) in [6.07, 6.45) is 0. The van der Waals surface area contributed by atoms with Gasteiger partial charge in [-0.2, -0.15) is 0 Å². The van der Waals surface area contributed by atoms with Gasteiger partial charge in [0.2, 0.25) is 0 Å². The lowest BCUT2D eigenvalue weighted by Gasteiger charge is -2.26. The largest absolute Gasteiger partial charge is 0.497 e. The van der Waals surface area contributed by atoms with Crippen molar-refractivity contribution in [1.82, 2.24) is 15.5 Å². The van der Waals surface area contributed by atoms with Crippen molar-refractivity contribution in [3.8, 4) is 5.75 Å². The molecule has 26 heavy (non-hydrogen) atoms. The van der Waals surface area contributed by atoms with Crippen molar-refractivity contribution in [2.75, 3.05) is 34.8 Å². The molecule has 0 fully saturated rings. The molecule has 0 saturated carbocycles. The van der Waals surface area contributed by atoms with Crippen LogP contribution in [0, 0.1) is 0 Å². The van der Waals surface area contributed by atoms with Crippen molar-refractivity contribution in [2.45, 2.75) is 12.6 Å². The molecule has 0 heterocycles. The van der Waals surface area contributed by atoms with Gasteiger partial charge in [-0.05, 0) is 49.5 Å². The van der Waals surface area contributed by atoms with E-state index in [4.69, 9.17) is 16.3 Å². The van der Waals surface area contributed by atoms with E-state index in [9.17, 15) is 0 Å². The van der Waals surface area contributed by atoms with Crippen LogP contribution in [-0.2, 0) is 6.54 Å². The second-order valence-corrected chi connectivity index (χ2v) is 6.62. The summed E-state index contributed by atoms with van der Waals surface area (Å²) in [6.45, 7) is 1.42. The van der Waals surface area contributed by atoms with Gasteiger partial charge in [0.25, 0.3) is 0 Å². The summed E-state index contributed by atoms with van der Waals surface area (Å²) < 4.78 is 5.18. The highest BCUT2D eigenvalue weighted by atomic mass is 35.5. The molecule has 2 aromatic rings. The molecule has 0 aliphatic rings. The van der Waals surface area contributed by atoms with Crippen molar-refractivity contribution in [2.24, 2.45) is 4.99 Å². The van der Waals surface area contributed by atoms with E-state index in [1.54, 1.807) is 14.2 Å². The Morgan fingerprint density at radius 3 is 2.27 bits per heavy atom. The molecule has 140 valence electrons. The summed E-state index contributed by atoms with van der Waals surface area (Å²) in [5.41, 5.74) is 2.37. The van der Waals surface area contributed by atoms with Crippen LogP contribution in [0.15, 0.2) is 53.5 Å². The quantitative estimate of drug-likeness (QED) is 0.576. The van der Waals surface area contributed by atoms with Crippen LogP contribution in [0.1, 0.15) is 17.2 Å². The van der Waals surface area contributed by atoms with Crippen molar-refractivity contribution in [3.05, 3.63) is 64.7 Å². The maximum atomic E-state index is 6.00. The molecule has 2 rings (SSSR count). The molecule has 2 aromatic carbocycles. The molecule has 6 heteroatoms. The van der Waals surface area contributed by atoms with Gasteiger partial charge in [-0.3, -0.25) is 4.99 Å². The van der Waals surface area contributed by atoms with Gasteiger partial charge in [-0.1, -0.05) is 35.9 Å². The molecule has 0 bridgehead atoms. The number of rotatable bonds is 7. The van der Waals surface area contributed by atoms with Crippen LogP contribution in [-0.4, -0.2) is 45.7 Å². The monoisotopic (exact) mass is 374 g/mol. The molecule has 0 amide bonds. The summed E-state index contributed by atoms with van der Waals surface area (Å²) in [4.78, 5) is 6.48. The fourth-order valence-electron chi connectivity index (χ4n) is 2.63. The minimum Gasteiger partial charge on any atom is -0.497 e. The maximum Gasteiger partial charge on any atom is 0.191 e. The van der Waals surface area contributed by atoms with Crippen LogP contribution in [0.3, 0.4) is 0 Å². The number of halogens is 1. The molecule has 0 spiro atoms. The second kappa shape index (κ2) is 10.0. The number of guanidine groups is 1. The van der Waals surface area contributed by atoms with E-state index in [-0.39, 0.29) is 6.04 Å². The Balaban J connectivity index is 1.92. The Morgan fingerprint density at radius 1 is 1.08 bits per heavy atom. The topological polar surface area (TPSA) is 48.9 Å². The van der Waals surface area contributed by atoms with Gasteiger partial charge in [-0.25, -0.2) is 0 Å². The molecule has 2 N–H and O–H groups in total. The zero-order valence-corrected chi connectivity index (χ0v) is 16.5. The number of likely N-dealkylation sites (N-methyl/N-ethyl adjacent to an activating group) is 1. The average molecular weight is 375 g/mol. The van der Waals surface area contributed by atoms with E-state index in [1.807, 2.05) is 36.4 Å². The predicted octanol–water partition coefficient (Wildman–Crippen LogP) is 3.32. The number of nitrogens with zero attached hydrogens (tertiary/aromatic N) is 2. The first kappa shape index (κ1) is 20.1. The van der Waals surface area contributed by atoms with Gasteiger partial charge in [-0.15, -0.1) is 0 Å². The van der Waals surface area contributed by atoms with E-state index in [1.165, 1.54) is 5.56 Å². The Morgan fingerprint density at radius 2 is 1.73 bits per heavy atom. The van der Waals surface area contributed by atoms with Gasteiger partial charge in [0.05, 0.1) is 13.2 Å². The van der Waals surface area contributed by atoms with Crippen molar-refractivity contribution in [3.63, 3.8) is 0 Å². The van der Waals surface area contributed by atoms with Gasteiger partial charge in [0, 0.05) is 25.2 Å². The molecule has 0 radical (unpaired) electrons. The lowest BCUT2D eigenvalue weighted by molar-refractivity contribution is 0.298. The second-order valence-electron chi connectivity index (χ2n) is 6.19. The number of methoxy groups -OCH3 is 1. The van der Waals surface area contributed by atoms with E-state index in [0.29, 0.717) is 6.54 Å². The van der Waals surface area contributed by atoms with Crippen molar-refractivity contribution >= 4 is 17.6 Å². The zero-order chi connectivity index (χ0) is 18.9. The first-order chi connectivity index (χ1) is 12.5. The molecule has 1 atom stereocenters. The zero-order valence-electron chi connectivity index (χ0n) is 15.8. The van der Waals surface area contributed by atoms with Crippen LogP contribution in [0.25, 0.3) is 0 Å². The SMILES string of the molecule is CN=C(NCc1ccc(OC)cc1)NCC(c1ccc(Cl)cc1)N(C)C. The highest BCUT2D eigenvalue weighted by Crippen LogP contribution is 2.19. The number of aliphatic imine (C=N–C) groups is 1. The van der Waals surface area contributed by atoms with Gasteiger partial charge >= 0.3 is 0 Å². The first-order valence-electron chi connectivity index (χ1n) is 8.53. The molecule has 0 aliphatic heterocycles. The van der Waals surface area contributed by atoms with Crippen LogP contribution >= 0.6 is 11.6 Å². The first-order valence-corrected chi connectivity index (χ1v) is 8.90. The van der Waals surface area contributed by atoms with E-state index >= 15 is 0 Å². The minimum atomic E-state index is 0.215. The fraction of sp³-hybridized carbons (Fsp3) is 0.350. The fourth-order valence-corrected chi connectivity index (χ4v) is 2.75. The van der Waals surface area contributed by atoms with Crippen molar-refractivity contribution < 1.29 is 4.74 Å². The summed E-state index contributed by atoms with van der Waals surface area (Å²) in [5.74, 6) is 1.62. The normalized spacial score (nSPS) is 12.8. The molecule has 1 unspecified atom stereocenters. The van der Waals surface area contributed by atoms with Gasteiger partial charge in [0.15, 0.2) is 5.96 Å². The van der Waals surface area contributed by atoms with Crippen LogP contribution in [0.4, 0.5) is 0 Å². The minimum absolute atomic E-state index is 0.215. The number of nitrogens with one attached hydrogen (secondary N) is 2. The summed E-state index contributed by atoms with van der Waals surface area (Å²) in [6, 6.07) is 16.2. The third-order valence-electron chi connectivity index (χ3n) is 4.18. The predicted molar refractivity (Wildman–Crippen MR) is 109 cm³/mol. The summed E-state index contributed by atoms with van der Waals surface area (Å²) in [5, 5.41) is 7.48. The molecule has 5 nitrogen and oxygen atoms in total. The van der Waals surface area contributed by atoms with Crippen LogP contribution in [0.5, 0.6) is 5.75 Å². The number of benzene rings is 2. The van der Waals surface area contributed by atoms with E-state index in [0.717, 1.165) is 28.8 Å². The smallest absolute Gasteiger partial charge is 0.191 e. The maximum absolute atomic E-state index is 6.00. The standard InChI is InChI=1S/C20H27ClN4O/c1-22-20(23-13-15-5-11-18(26-4)12-6-15)24-14-19(25(2)3)16-7-9-17(21)10-8-16/h5-12,19H,13-14H2,1-4H3,(H2,22,23,24). The third kappa shape index (κ3) is 5.93. The third-order valence-corrected chi connectivity index (χ3v) is 4.44. The Bertz CT molecular complexity index is 699. The van der Waals surface area contributed by atoms with Gasteiger partial charge < -0.3 is 20.3 Å². The number of hydrogen-bond acceptors (Lipinski definition) is 3.